The number of amides is 1. The zero-order valence-electron chi connectivity index (χ0n) is 14.8. The van der Waals surface area contributed by atoms with Crippen LogP contribution in [0.25, 0.3) is 0 Å². The van der Waals surface area contributed by atoms with Gasteiger partial charge in [-0.1, -0.05) is 38.1 Å². The van der Waals surface area contributed by atoms with Crippen LogP contribution in [0.1, 0.15) is 37.8 Å². The maximum absolute atomic E-state index is 13.3. The third-order valence-corrected chi connectivity index (χ3v) is 4.35. The first kappa shape index (κ1) is 18.1. The van der Waals surface area contributed by atoms with E-state index in [4.69, 9.17) is 0 Å². The van der Waals surface area contributed by atoms with Gasteiger partial charge in [0.2, 0.25) is 0 Å². The van der Waals surface area contributed by atoms with Crippen LogP contribution in [0, 0.1) is 5.82 Å². The van der Waals surface area contributed by atoms with Crippen molar-refractivity contribution in [3.05, 3.63) is 65.5 Å². The van der Waals surface area contributed by atoms with Crippen molar-refractivity contribution in [2.24, 2.45) is 0 Å². The van der Waals surface area contributed by atoms with Gasteiger partial charge in [0.05, 0.1) is 7.05 Å². The van der Waals surface area contributed by atoms with Gasteiger partial charge in [-0.15, -0.1) is 0 Å². The third-order valence-electron chi connectivity index (χ3n) is 4.35. The van der Waals surface area contributed by atoms with Crippen LogP contribution in [0.5, 0.6) is 0 Å². The molecule has 0 radical (unpaired) electrons. The predicted octanol–water partition coefficient (Wildman–Crippen LogP) is 2.99. The second-order valence-corrected chi connectivity index (χ2v) is 6.64. The molecular weight excluding hydrogens is 303 g/mol. The smallest absolute Gasteiger partial charge is 0.282 e. The minimum Gasteiger partial charge on any atom is -0.324 e. The molecule has 2 rings (SSSR count). The summed E-state index contributed by atoms with van der Waals surface area (Å²) < 4.78 is 13.3. The summed E-state index contributed by atoms with van der Waals surface area (Å²) in [5, 5.41) is 2.95. The van der Waals surface area contributed by atoms with Crippen molar-refractivity contribution in [3.8, 4) is 0 Å². The Kier molecular flexibility index (Phi) is 6.10. The van der Waals surface area contributed by atoms with E-state index in [1.807, 2.05) is 44.3 Å². The van der Waals surface area contributed by atoms with E-state index in [9.17, 15) is 9.18 Å². The lowest BCUT2D eigenvalue weighted by Gasteiger charge is -2.21. The van der Waals surface area contributed by atoms with Crippen LogP contribution in [0.15, 0.2) is 48.5 Å². The predicted molar refractivity (Wildman–Crippen MR) is 95.6 cm³/mol. The molecule has 2 aromatic carbocycles. The summed E-state index contributed by atoms with van der Waals surface area (Å²) in [5.41, 5.74) is 2.93. The molecule has 2 atom stereocenters. The van der Waals surface area contributed by atoms with Crippen LogP contribution in [0.2, 0.25) is 0 Å². The Morgan fingerprint density at radius 2 is 1.79 bits per heavy atom. The van der Waals surface area contributed by atoms with E-state index in [1.165, 1.54) is 17.7 Å². The number of rotatable bonds is 6. The second-order valence-electron chi connectivity index (χ2n) is 6.64. The fraction of sp³-hybridized carbons (Fsp3) is 0.350. The number of halogens is 1. The van der Waals surface area contributed by atoms with Gasteiger partial charge in [0, 0.05) is 11.3 Å². The molecule has 0 aliphatic rings. The molecule has 0 heterocycles. The van der Waals surface area contributed by atoms with Gasteiger partial charge in [0.25, 0.3) is 5.91 Å². The Bertz CT molecular complexity index is 682. The Balaban J connectivity index is 1.95. The number of nitrogens with one attached hydrogen (secondary N) is 2. The minimum absolute atomic E-state index is 0.0406. The lowest BCUT2D eigenvalue weighted by Crippen LogP contribution is -3.12. The van der Waals surface area contributed by atoms with Crippen molar-refractivity contribution in [2.75, 3.05) is 12.4 Å². The number of anilines is 1. The van der Waals surface area contributed by atoms with Gasteiger partial charge in [-0.05, 0) is 42.7 Å². The molecule has 1 unspecified atom stereocenters. The van der Waals surface area contributed by atoms with Gasteiger partial charge in [-0.3, -0.25) is 4.79 Å². The molecule has 0 saturated heterocycles. The highest BCUT2D eigenvalue weighted by Gasteiger charge is 2.22. The molecule has 128 valence electrons. The van der Waals surface area contributed by atoms with Gasteiger partial charge < -0.3 is 10.2 Å². The molecule has 4 heteroatoms. The van der Waals surface area contributed by atoms with Crippen LogP contribution in [0.3, 0.4) is 0 Å². The van der Waals surface area contributed by atoms with E-state index in [-0.39, 0.29) is 17.8 Å². The summed E-state index contributed by atoms with van der Waals surface area (Å²) in [6.45, 7) is 6.76. The Labute approximate surface area is 143 Å². The Morgan fingerprint density at radius 1 is 1.12 bits per heavy atom. The maximum atomic E-state index is 13.3. The van der Waals surface area contributed by atoms with Crippen molar-refractivity contribution in [1.82, 2.24) is 0 Å². The summed E-state index contributed by atoms with van der Waals surface area (Å²) in [4.78, 5) is 13.4. The monoisotopic (exact) mass is 329 g/mol. The zero-order valence-corrected chi connectivity index (χ0v) is 14.8. The SMILES string of the molecule is CC(C)c1ccc(NC(=O)[C@@H](C)[NH+](C)Cc2cccc(F)c2)cc1. The molecule has 0 fully saturated rings. The van der Waals surface area contributed by atoms with Crippen LogP contribution in [-0.4, -0.2) is 19.0 Å². The van der Waals surface area contributed by atoms with Crippen molar-refractivity contribution in [2.45, 2.75) is 39.3 Å². The largest absolute Gasteiger partial charge is 0.324 e. The highest BCUT2D eigenvalue weighted by molar-refractivity contribution is 5.93. The molecule has 0 aliphatic carbocycles. The van der Waals surface area contributed by atoms with E-state index in [0.29, 0.717) is 12.5 Å². The quantitative estimate of drug-likeness (QED) is 0.839. The van der Waals surface area contributed by atoms with E-state index in [2.05, 4.69) is 19.2 Å². The lowest BCUT2D eigenvalue weighted by molar-refractivity contribution is -0.907. The summed E-state index contributed by atoms with van der Waals surface area (Å²) >= 11 is 0. The van der Waals surface area contributed by atoms with E-state index in [1.54, 1.807) is 6.07 Å². The normalized spacial score (nSPS) is 13.6. The summed E-state index contributed by atoms with van der Waals surface area (Å²) in [6, 6.07) is 14.2. The second kappa shape index (κ2) is 8.06. The molecule has 0 aromatic heterocycles. The van der Waals surface area contributed by atoms with Crippen LogP contribution < -0.4 is 10.2 Å². The van der Waals surface area contributed by atoms with Crippen LogP contribution >= 0.6 is 0 Å². The molecule has 0 saturated carbocycles. The molecule has 24 heavy (non-hydrogen) atoms. The molecular formula is C20H26FN2O+. The number of carbonyl (C=O) groups excluding carboxylic acids is 1. The van der Waals surface area contributed by atoms with Crippen LogP contribution in [-0.2, 0) is 11.3 Å². The van der Waals surface area contributed by atoms with Crippen LogP contribution in [0.4, 0.5) is 10.1 Å². The first-order valence-corrected chi connectivity index (χ1v) is 8.34. The highest BCUT2D eigenvalue weighted by atomic mass is 19.1. The number of likely N-dealkylation sites (N-methyl/N-ethyl adjacent to an activating group) is 1. The molecule has 0 bridgehead atoms. The molecule has 2 aromatic rings. The summed E-state index contributed by atoms with van der Waals surface area (Å²) in [5.74, 6) is 0.180. The van der Waals surface area contributed by atoms with Gasteiger partial charge in [0.15, 0.2) is 6.04 Å². The van der Waals surface area contributed by atoms with Gasteiger partial charge in [0.1, 0.15) is 12.4 Å². The third kappa shape index (κ3) is 4.90. The number of carbonyl (C=O) groups is 1. The molecule has 1 amide bonds. The number of hydrogen-bond acceptors (Lipinski definition) is 1. The first-order valence-electron chi connectivity index (χ1n) is 8.34. The highest BCUT2D eigenvalue weighted by Crippen LogP contribution is 2.17. The van der Waals surface area contributed by atoms with Crippen molar-refractivity contribution in [1.29, 1.82) is 0 Å². The van der Waals surface area contributed by atoms with E-state index < -0.39 is 0 Å². The van der Waals surface area contributed by atoms with Crippen molar-refractivity contribution in [3.63, 3.8) is 0 Å². The first-order chi connectivity index (χ1) is 11.4. The fourth-order valence-corrected chi connectivity index (χ4v) is 2.55. The Morgan fingerprint density at radius 3 is 2.38 bits per heavy atom. The lowest BCUT2D eigenvalue weighted by atomic mass is 10.0. The van der Waals surface area contributed by atoms with E-state index >= 15 is 0 Å². The van der Waals surface area contributed by atoms with Gasteiger partial charge >= 0.3 is 0 Å². The standard InChI is InChI=1S/C20H25FN2O/c1-14(2)17-8-10-19(11-9-17)22-20(24)15(3)23(4)13-16-6-5-7-18(21)12-16/h5-12,14-15H,13H2,1-4H3,(H,22,24)/p+1/t15-/m1/s1. The topological polar surface area (TPSA) is 33.5 Å². The molecule has 2 N–H and O–H groups in total. The summed E-state index contributed by atoms with van der Waals surface area (Å²) in [6.07, 6.45) is 0. The van der Waals surface area contributed by atoms with Crippen molar-refractivity contribution < 1.29 is 14.1 Å². The zero-order chi connectivity index (χ0) is 17.7. The van der Waals surface area contributed by atoms with Gasteiger partial charge in [-0.2, -0.15) is 0 Å². The number of hydrogen-bond donors (Lipinski definition) is 2. The van der Waals surface area contributed by atoms with E-state index in [0.717, 1.165) is 16.2 Å². The van der Waals surface area contributed by atoms with Crippen molar-refractivity contribution >= 4 is 11.6 Å². The average molecular weight is 329 g/mol. The van der Waals surface area contributed by atoms with Gasteiger partial charge in [-0.25, -0.2) is 4.39 Å². The maximum Gasteiger partial charge on any atom is 0.282 e. The minimum atomic E-state index is -0.248. The summed E-state index contributed by atoms with van der Waals surface area (Å²) in [7, 11) is 1.94. The number of benzene rings is 2. The average Bonchev–Trinajstić information content (AvgIpc) is 2.54. The molecule has 0 aliphatic heterocycles. The molecule has 3 nitrogen and oxygen atoms in total. The molecule has 0 spiro atoms. The number of quaternary nitrogens is 1. The Hall–Kier alpha value is -2.20. The fourth-order valence-electron chi connectivity index (χ4n) is 2.55.